The maximum atomic E-state index is 12.0. The third-order valence-electron chi connectivity index (χ3n) is 2.82. The monoisotopic (exact) mass is 290 g/mol. The number of hydrogen-bond donors (Lipinski definition) is 3. The lowest BCUT2D eigenvalue weighted by Crippen LogP contribution is -2.29. The summed E-state index contributed by atoms with van der Waals surface area (Å²) < 4.78 is 5.56. The number of nitrogens with one attached hydrogen (secondary N) is 2. The van der Waals surface area contributed by atoms with Gasteiger partial charge in [0, 0.05) is 0 Å². The smallest absolute Gasteiger partial charge is 0.265 e. The number of hydrogen-bond acceptors (Lipinski definition) is 5. The average Bonchev–Trinajstić information content (AvgIpc) is 3.06. The third kappa shape index (κ3) is 2.08. The molecule has 7 heteroatoms. The van der Waals surface area contributed by atoms with Crippen LogP contribution >= 0.6 is 11.3 Å². The van der Waals surface area contributed by atoms with Crippen molar-refractivity contribution in [3.05, 3.63) is 51.5 Å². The molecule has 0 saturated carbocycles. The van der Waals surface area contributed by atoms with Gasteiger partial charge >= 0.3 is 0 Å². The van der Waals surface area contributed by atoms with Crippen LogP contribution in [0.1, 0.15) is 16.1 Å². The molecule has 3 heterocycles. The maximum Gasteiger partial charge on any atom is 0.265 e. The second-order valence-electron chi connectivity index (χ2n) is 4.10. The van der Waals surface area contributed by atoms with Crippen LogP contribution in [0.15, 0.2) is 39.1 Å². The molecule has 6 nitrogen and oxygen atoms in total. The largest absolute Gasteiger partial charge is 0.505 e. The van der Waals surface area contributed by atoms with E-state index in [1.165, 1.54) is 17.6 Å². The molecule has 0 aliphatic rings. The van der Waals surface area contributed by atoms with Gasteiger partial charge in [-0.1, -0.05) is 0 Å². The Hall–Kier alpha value is -2.54. The van der Waals surface area contributed by atoms with Crippen molar-refractivity contribution in [2.75, 3.05) is 0 Å². The molecule has 0 fully saturated rings. The quantitative estimate of drug-likeness (QED) is 0.685. The molecular formula is C13H10N2O4S. The molecule has 3 N–H and O–H groups in total. The number of aromatic amines is 1. The van der Waals surface area contributed by atoms with Crippen molar-refractivity contribution < 1.29 is 14.3 Å². The summed E-state index contributed by atoms with van der Waals surface area (Å²) in [6.07, 6.45) is 1.49. The van der Waals surface area contributed by atoms with Crippen molar-refractivity contribution in [3.63, 3.8) is 0 Å². The number of thiophene rings is 1. The Balaban J connectivity index is 1.92. The van der Waals surface area contributed by atoms with E-state index < -0.39 is 11.5 Å². The van der Waals surface area contributed by atoms with Gasteiger partial charge in [-0.15, -0.1) is 11.3 Å². The first-order valence-electron chi connectivity index (χ1n) is 5.80. The van der Waals surface area contributed by atoms with Crippen LogP contribution in [0.25, 0.3) is 10.2 Å². The summed E-state index contributed by atoms with van der Waals surface area (Å²) >= 11 is 1.25. The highest BCUT2D eigenvalue weighted by atomic mass is 32.1. The first-order chi connectivity index (χ1) is 9.66. The van der Waals surface area contributed by atoms with Gasteiger partial charge < -0.3 is 19.8 Å². The number of pyridine rings is 1. The summed E-state index contributed by atoms with van der Waals surface area (Å²) in [4.78, 5) is 26.4. The van der Waals surface area contributed by atoms with E-state index in [9.17, 15) is 14.7 Å². The van der Waals surface area contributed by atoms with Crippen LogP contribution < -0.4 is 10.9 Å². The van der Waals surface area contributed by atoms with Gasteiger partial charge in [0.2, 0.25) is 0 Å². The molecule has 0 spiro atoms. The van der Waals surface area contributed by atoms with Crippen LogP contribution in [0.5, 0.6) is 5.75 Å². The Morgan fingerprint density at radius 2 is 2.30 bits per heavy atom. The molecule has 3 aromatic heterocycles. The van der Waals surface area contributed by atoms with Crippen LogP contribution in [0.2, 0.25) is 0 Å². The molecule has 0 aromatic carbocycles. The fraction of sp³-hybridized carbons (Fsp3) is 0.0769. The summed E-state index contributed by atoms with van der Waals surface area (Å²) in [5.41, 5.74) is -0.392. The fourth-order valence-corrected chi connectivity index (χ4v) is 2.68. The van der Waals surface area contributed by atoms with Crippen molar-refractivity contribution in [1.29, 1.82) is 0 Å². The van der Waals surface area contributed by atoms with Crippen LogP contribution in [-0.2, 0) is 6.54 Å². The minimum atomic E-state index is -0.643. The van der Waals surface area contributed by atoms with Gasteiger partial charge in [0.1, 0.15) is 11.3 Å². The van der Waals surface area contributed by atoms with Crippen LogP contribution in [0.4, 0.5) is 0 Å². The van der Waals surface area contributed by atoms with E-state index in [0.29, 0.717) is 16.0 Å². The minimum absolute atomic E-state index is 0.146. The highest BCUT2D eigenvalue weighted by molar-refractivity contribution is 7.17. The highest BCUT2D eigenvalue weighted by Gasteiger charge is 2.19. The van der Waals surface area contributed by atoms with Gasteiger partial charge in [-0.3, -0.25) is 9.59 Å². The molecule has 20 heavy (non-hydrogen) atoms. The second kappa shape index (κ2) is 4.86. The molecule has 0 aliphatic heterocycles. The molecule has 3 aromatic rings. The van der Waals surface area contributed by atoms with Gasteiger partial charge in [-0.05, 0) is 23.6 Å². The van der Waals surface area contributed by atoms with Gasteiger partial charge in [0.25, 0.3) is 11.5 Å². The first kappa shape index (κ1) is 12.5. The van der Waals surface area contributed by atoms with Crippen LogP contribution in [-0.4, -0.2) is 16.0 Å². The molecule has 3 rings (SSSR count). The normalized spacial score (nSPS) is 10.8. The number of rotatable bonds is 3. The van der Waals surface area contributed by atoms with Crippen molar-refractivity contribution in [1.82, 2.24) is 10.3 Å². The number of aromatic nitrogens is 1. The summed E-state index contributed by atoms with van der Waals surface area (Å²) in [6.45, 7) is 0.146. The van der Waals surface area contributed by atoms with E-state index in [4.69, 9.17) is 4.42 Å². The summed E-state index contributed by atoms with van der Waals surface area (Å²) in [7, 11) is 0. The topological polar surface area (TPSA) is 95.3 Å². The molecular weight excluding hydrogens is 280 g/mol. The zero-order valence-corrected chi connectivity index (χ0v) is 11.0. The van der Waals surface area contributed by atoms with Gasteiger partial charge in [-0.25, -0.2) is 0 Å². The molecule has 0 saturated heterocycles. The number of amides is 1. The summed E-state index contributed by atoms with van der Waals surface area (Å²) in [6, 6.07) is 5.07. The second-order valence-corrected chi connectivity index (χ2v) is 5.02. The number of carbonyl (C=O) groups is 1. The zero-order valence-electron chi connectivity index (χ0n) is 10.2. The molecule has 0 radical (unpaired) electrons. The number of furan rings is 1. The third-order valence-corrected chi connectivity index (χ3v) is 3.74. The molecule has 0 atom stereocenters. The highest BCUT2D eigenvalue weighted by Crippen LogP contribution is 2.29. The number of fused-ring (bicyclic) bond motifs is 1. The van der Waals surface area contributed by atoms with Crippen molar-refractivity contribution in [2.45, 2.75) is 6.54 Å². The van der Waals surface area contributed by atoms with E-state index in [-0.39, 0.29) is 17.9 Å². The Kier molecular flexibility index (Phi) is 3.03. The summed E-state index contributed by atoms with van der Waals surface area (Å²) in [5.74, 6) is -0.377. The number of aromatic hydroxyl groups is 1. The predicted octanol–water partition coefficient (Wildman–Crippen LogP) is 1.82. The molecule has 0 aliphatic carbocycles. The standard InChI is InChI=1S/C13H10N2O4S/c16-10-9(12(17)14-6-7-2-1-4-19-7)13(18)15-8-3-5-20-11(8)10/h1-5H,6H2,(H,14,17)(H2,15,16,18). The lowest BCUT2D eigenvalue weighted by atomic mass is 10.2. The average molecular weight is 290 g/mol. The Morgan fingerprint density at radius 3 is 3.05 bits per heavy atom. The van der Waals surface area contributed by atoms with Crippen molar-refractivity contribution in [2.24, 2.45) is 0 Å². The predicted molar refractivity (Wildman–Crippen MR) is 74.0 cm³/mol. The summed E-state index contributed by atoms with van der Waals surface area (Å²) in [5, 5.41) is 14.3. The van der Waals surface area contributed by atoms with Crippen molar-refractivity contribution in [3.8, 4) is 5.75 Å². The van der Waals surface area contributed by atoms with E-state index in [2.05, 4.69) is 10.3 Å². The fourth-order valence-electron chi connectivity index (χ4n) is 1.88. The van der Waals surface area contributed by atoms with Gasteiger partial charge in [-0.2, -0.15) is 0 Å². The van der Waals surface area contributed by atoms with E-state index in [0.717, 1.165) is 0 Å². The van der Waals surface area contributed by atoms with E-state index >= 15 is 0 Å². The lowest BCUT2D eigenvalue weighted by Gasteiger charge is -2.05. The van der Waals surface area contributed by atoms with Gasteiger partial charge in [0.15, 0.2) is 5.75 Å². The first-order valence-corrected chi connectivity index (χ1v) is 6.68. The zero-order chi connectivity index (χ0) is 14.1. The SMILES string of the molecule is O=C(NCc1ccco1)c1c(O)c2sccc2[nH]c1=O. The molecule has 1 amide bonds. The Morgan fingerprint density at radius 1 is 1.45 bits per heavy atom. The molecule has 102 valence electrons. The minimum Gasteiger partial charge on any atom is -0.505 e. The molecule has 0 bridgehead atoms. The maximum absolute atomic E-state index is 12.0. The van der Waals surface area contributed by atoms with E-state index in [1.54, 1.807) is 23.6 Å². The van der Waals surface area contributed by atoms with Crippen molar-refractivity contribution >= 4 is 27.5 Å². The molecule has 0 unspecified atom stereocenters. The Bertz CT molecular complexity index is 817. The van der Waals surface area contributed by atoms with Gasteiger partial charge in [0.05, 0.1) is 23.0 Å². The van der Waals surface area contributed by atoms with E-state index in [1.807, 2.05) is 0 Å². The Labute approximate surface area is 116 Å². The van der Waals surface area contributed by atoms with Crippen LogP contribution in [0.3, 0.4) is 0 Å². The number of carbonyl (C=O) groups excluding carboxylic acids is 1. The number of H-pyrrole nitrogens is 1. The van der Waals surface area contributed by atoms with Crippen LogP contribution in [0, 0.1) is 0 Å². The lowest BCUT2D eigenvalue weighted by molar-refractivity contribution is 0.0944.